The number of rotatable bonds is 4. The summed E-state index contributed by atoms with van der Waals surface area (Å²) < 4.78 is 24.9. The van der Waals surface area contributed by atoms with E-state index < -0.39 is 10.0 Å². The van der Waals surface area contributed by atoms with Gasteiger partial charge in [0.1, 0.15) is 0 Å². The van der Waals surface area contributed by atoms with Crippen LogP contribution in [0.4, 0.5) is 0 Å². The maximum absolute atomic E-state index is 12.4. The van der Waals surface area contributed by atoms with Gasteiger partial charge < -0.3 is 0 Å². The second-order valence-electron chi connectivity index (χ2n) is 6.40. The van der Waals surface area contributed by atoms with E-state index in [1.165, 1.54) is 0 Å². The fraction of sp³-hybridized carbons (Fsp3) is 0.0455. The standard InChI is InChI=1S/C22H18N2O2S/c1-16-10-12-19(13-11-16)27(25,26)24-23-15-22-20-8-4-2-6-17(20)14-18-7-3-5-9-21(18)22/h2-15,24H,1H3. The van der Waals surface area contributed by atoms with Gasteiger partial charge in [-0.3, -0.25) is 0 Å². The molecule has 0 unspecified atom stereocenters. The lowest BCUT2D eigenvalue weighted by Crippen LogP contribution is -2.18. The first-order valence-corrected chi connectivity index (χ1v) is 10.0. The average molecular weight is 374 g/mol. The van der Waals surface area contributed by atoms with Crippen LogP contribution >= 0.6 is 0 Å². The van der Waals surface area contributed by atoms with Gasteiger partial charge in [0, 0.05) is 5.56 Å². The van der Waals surface area contributed by atoms with Crippen molar-refractivity contribution in [3.63, 3.8) is 0 Å². The summed E-state index contributed by atoms with van der Waals surface area (Å²) in [7, 11) is -3.70. The SMILES string of the molecule is Cc1ccc(S(=O)(=O)NN=Cc2c3ccccc3cc3ccccc23)cc1. The first-order valence-electron chi connectivity index (χ1n) is 8.57. The molecule has 0 bridgehead atoms. The fourth-order valence-electron chi connectivity index (χ4n) is 3.12. The molecule has 4 nitrogen and oxygen atoms in total. The van der Waals surface area contributed by atoms with E-state index in [4.69, 9.17) is 0 Å². The van der Waals surface area contributed by atoms with Gasteiger partial charge in [-0.25, -0.2) is 4.83 Å². The lowest BCUT2D eigenvalue weighted by Gasteiger charge is -2.08. The van der Waals surface area contributed by atoms with Crippen LogP contribution in [0.25, 0.3) is 21.5 Å². The quantitative estimate of drug-likeness (QED) is 0.322. The molecule has 0 saturated carbocycles. The Morgan fingerprint density at radius 1 is 0.815 bits per heavy atom. The summed E-state index contributed by atoms with van der Waals surface area (Å²) >= 11 is 0. The molecule has 5 heteroatoms. The predicted molar refractivity (Wildman–Crippen MR) is 111 cm³/mol. The fourth-order valence-corrected chi connectivity index (χ4v) is 3.91. The highest BCUT2D eigenvalue weighted by molar-refractivity contribution is 7.89. The third kappa shape index (κ3) is 3.41. The zero-order valence-electron chi connectivity index (χ0n) is 14.8. The van der Waals surface area contributed by atoms with Crippen LogP contribution in [-0.4, -0.2) is 14.6 Å². The minimum atomic E-state index is -3.70. The summed E-state index contributed by atoms with van der Waals surface area (Å²) in [5.41, 5.74) is 1.88. The summed E-state index contributed by atoms with van der Waals surface area (Å²) in [6.07, 6.45) is 1.58. The minimum absolute atomic E-state index is 0.188. The summed E-state index contributed by atoms with van der Waals surface area (Å²) in [4.78, 5) is 2.50. The monoisotopic (exact) mass is 374 g/mol. The topological polar surface area (TPSA) is 58.5 Å². The Balaban J connectivity index is 1.75. The van der Waals surface area contributed by atoms with Crippen molar-refractivity contribution in [2.24, 2.45) is 5.10 Å². The van der Waals surface area contributed by atoms with E-state index in [9.17, 15) is 8.42 Å². The highest BCUT2D eigenvalue weighted by atomic mass is 32.2. The maximum Gasteiger partial charge on any atom is 0.276 e. The number of benzene rings is 4. The number of nitrogens with one attached hydrogen (secondary N) is 1. The van der Waals surface area contributed by atoms with E-state index in [0.29, 0.717) is 0 Å². The summed E-state index contributed by atoms with van der Waals surface area (Å²) in [5.74, 6) is 0. The normalized spacial score (nSPS) is 12.0. The number of hydrogen-bond acceptors (Lipinski definition) is 3. The molecule has 0 aromatic heterocycles. The van der Waals surface area contributed by atoms with Gasteiger partial charge in [0.2, 0.25) is 0 Å². The molecule has 0 spiro atoms. The minimum Gasteiger partial charge on any atom is -0.200 e. The van der Waals surface area contributed by atoms with Crippen LogP contribution in [0, 0.1) is 6.92 Å². The van der Waals surface area contributed by atoms with Gasteiger partial charge in [0.25, 0.3) is 10.0 Å². The largest absolute Gasteiger partial charge is 0.276 e. The van der Waals surface area contributed by atoms with E-state index in [1.54, 1.807) is 30.5 Å². The Hall–Kier alpha value is -3.18. The van der Waals surface area contributed by atoms with Crippen molar-refractivity contribution in [2.45, 2.75) is 11.8 Å². The number of hydrazone groups is 1. The number of sulfonamides is 1. The van der Waals surface area contributed by atoms with Crippen molar-refractivity contribution in [3.05, 3.63) is 90.0 Å². The van der Waals surface area contributed by atoms with Gasteiger partial charge in [-0.2, -0.15) is 13.5 Å². The van der Waals surface area contributed by atoms with Gasteiger partial charge in [-0.15, -0.1) is 0 Å². The van der Waals surface area contributed by atoms with Gasteiger partial charge in [-0.05, 0) is 46.7 Å². The summed E-state index contributed by atoms with van der Waals surface area (Å²) in [6, 6.07) is 24.8. The Labute approximate surface area is 158 Å². The van der Waals surface area contributed by atoms with E-state index >= 15 is 0 Å². The maximum atomic E-state index is 12.4. The highest BCUT2D eigenvalue weighted by Crippen LogP contribution is 2.27. The van der Waals surface area contributed by atoms with Crippen LogP contribution in [0.5, 0.6) is 0 Å². The highest BCUT2D eigenvalue weighted by Gasteiger charge is 2.12. The second-order valence-corrected chi connectivity index (χ2v) is 8.06. The van der Waals surface area contributed by atoms with E-state index in [1.807, 2.05) is 55.5 Å². The first-order chi connectivity index (χ1) is 13.0. The number of hydrogen-bond donors (Lipinski definition) is 1. The molecule has 4 rings (SSSR count). The summed E-state index contributed by atoms with van der Waals surface area (Å²) in [6.45, 7) is 1.91. The van der Waals surface area contributed by atoms with Crippen molar-refractivity contribution in [1.29, 1.82) is 0 Å². The van der Waals surface area contributed by atoms with Crippen LogP contribution in [0.15, 0.2) is 88.9 Å². The number of fused-ring (bicyclic) bond motifs is 2. The molecule has 0 aliphatic rings. The van der Waals surface area contributed by atoms with Gasteiger partial charge in [0.15, 0.2) is 0 Å². The molecular weight excluding hydrogens is 356 g/mol. The Bertz CT molecular complexity index is 1210. The van der Waals surface area contributed by atoms with Crippen molar-refractivity contribution in [1.82, 2.24) is 4.83 Å². The molecule has 0 aliphatic heterocycles. The number of aryl methyl sites for hydroxylation is 1. The average Bonchev–Trinajstić information content (AvgIpc) is 2.67. The molecule has 0 aliphatic carbocycles. The van der Waals surface area contributed by atoms with Crippen LogP contribution in [0.3, 0.4) is 0 Å². The van der Waals surface area contributed by atoms with Crippen LogP contribution in [0.2, 0.25) is 0 Å². The number of nitrogens with zero attached hydrogens (tertiary/aromatic N) is 1. The molecule has 4 aromatic rings. The molecule has 0 radical (unpaired) electrons. The molecule has 0 heterocycles. The molecule has 0 saturated heterocycles. The van der Waals surface area contributed by atoms with Crippen molar-refractivity contribution in [3.8, 4) is 0 Å². The van der Waals surface area contributed by atoms with Crippen LogP contribution in [0.1, 0.15) is 11.1 Å². The molecule has 0 atom stereocenters. The third-order valence-corrected chi connectivity index (χ3v) is 5.75. The lowest BCUT2D eigenvalue weighted by atomic mass is 9.97. The van der Waals surface area contributed by atoms with Gasteiger partial charge in [0.05, 0.1) is 11.1 Å². The first kappa shape index (κ1) is 17.2. The van der Waals surface area contributed by atoms with Gasteiger partial charge >= 0.3 is 0 Å². The zero-order chi connectivity index (χ0) is 18.9. The predicted octanol–water partition coefficient (Wildman–Crippen LogP) is 4.61. The molecule has 27 heavy (non-hydrogen) atoms. The van der Waals surface area contributed by atoms with Crippen LogP contribution < -0.4 is 4.83 Å². The van der Waals surface area contributed by atoms with Gasteiger partial charge in [-0.1, -0.05) is 66.2 Å². The Morgan fingerprint density at radius 2 is 1.37 bits per heavy atom. The Morgan fingerprint density at radius 3 is 1.96 bits per heavy atom. The van der Waals surface area contributed by atoms with Crippen LogP contribution in [-0.2, 0) is 10.0 Å². The second kappa shape index (κ2) is 6.85. The molecule has 0 amide bonds. The van der Waals surface area contributed by atoms with E-state index in [0.717, 1.165) is 32.7 Å². The Kier molecular flexibility index (Phi) is 4.38. The summed E-state index contributed by atoms with van der Waals surface area (Å²) in [5, 5.41) is 8.26. The third-order valence-electron chi connectivity index (χ3n) is 4.51. The molecule has 4 aromatic carbocycles. The van der Waals surface area contributed by atoms with E-state index in [2.05, 4.69) is 16.0 Å². The molecule has 134 valence electrons. The van der Waals surface area contributed by atoms with Crippen molar-refractivity contribution >= 4 is 37.8 Å². The lowest BCUT2D eigenvalue weighted by molar-refractivity contribution is 0.584. The zero-order valence-corrected chi connectivity index (χ0v) is 15.6. The van der Waals surface area contributed by atoms with Crippen molar-refractivity contribution < 1.29 is 8.42 Å². The molecule has 1 N–H and O–H groups in total. The molecular formula is C22H18N2O2S. The molecule has 0 fully saturated rings. The van der Waals surface area contributed by atoms with E-state index in [-0.39, 0.29) is 4.90 Å². The van der Waals surface area contributed by atoms with Crippen molar-refractivity contribution in [2.75, 3.05) is 0 Å². The smallest absolute Gasteiger partial charge is 0.200 e.